The monoisotopic (exact) mass is 311 g/mol. The molecule has 0 radical (unpaired) electrons. The van der Waals surface area contributed by atoms with Gasteiger partial charge in [-0.15, -0.1) is 0 Å². The lowest BCUT2D eigenvalue weighted by atomic mass is 10.1. The average molecular weight is 311 g/mol. The molecule has 5 heteroatoms. The van der Waals surface area contributed by atoms with E-state index in [1.165, 1.54) is 11.1 Å². The molecule has 0 saturated carbocycles. The number of nitrogen functional groups attached to an aromatic ring is 1. The van der Waals surface area contributed by atoms with Crippen molar-refractivity contribution in [3.05, 3.63) is 47.2 Å². The molecule has 1 aromatic heterocycles. The van der Waals surface area contributed by atoms with Gasteiger partial charge in [0.2, 0.25) is 5.95 Å². The molecule has 23 heavy (non-hydrogen) atoms. The first-order chi connectivity index (χ1) is 11.2. The van der Waals surface area contributed by atoms with Gasteiger partial charge in [0, 0.05) is 32.1 Å². The molecule has 5 nitrogen and oxygen atoms in total. The minimum Gasteiger partial charge on any atom is -0.368 e. The Morgan fingerprint density at radius 1 is 1.13 bits per heavy atom. The maximum absolute atomic E-state index is 5.92. The number of nitrogens with two attached hydrogens (primary N) is 1. The van der Waals surface area contributed by atoms with Gasteiger partial charge in [0.05, 0.1) is 5.69 Å². The number of hydrogen-bond donors (Lipinski definition) is 2. The lowest BCUT2D eigenvalue weighted by molar-refractivity contribution is 0.707. The van der Waals surface area contributed by atoms with Crippen molar-refractivity contribution in [2.45, 2.75) is 25.7 Å². The smallest absolute Gasteiger partial charge is 0.222 e. The van der Waals surface area contributed by atoms with Gasteiger partial charge in [-0.1, -0.05) is 30.3 Å². The maximum Gasteiger partial charge on any atom is 0.222 e. The molecule has 1 aliphatic rings. The van der Waals surface area contributed by atoms with E-state index < -0.39 is 0 Å². The van der Waals surface area contributed by atoms with Crippen LogP contribution in [0, 0.1) is 0 Å². The fourth-order valence-corrected chi connectivity index (χ4v) is 3.13. The van der Waals surface area contributed by atoms with Crippen molar-refractivity contribution in [1.29, 1.82) is 0 Å². The van der Waals surface area contributed by atoms with Crippen LogP contribution in [0.5, 0.6) is 0 Å². The summed E-state index contributed by atoms with van der Waals surface area (Å²) < 4.78 is 0. The first-order valence-electron chi connectivity index (χ1n) is 8.35. The first kappa shape index (κ1) is 15.7. The fraction of sp³-hybridized carbons (Fsp3) is 0.444. The van der Waals surface area contributed by atoms with Gasteiger partial charge in [-0.3, -0.25) is 0 Å². The Bertz CT molecular complexity index is 641. The lowest BCUT2D eigenvalue weighted by Gasteiger charge is -2.22. The summed E-state index contributed by atoms with van der Waals surface area (Å²) in [5.74, 6) is 1.39. The van der Waals surface area contributed by atoms with Gasteiger partial charge in [-0.25, -0.2) is 4.98 Å². The van der Waals surface area contributed by atoms with E-state index in [1.807, 2.05) is 0 Å². The number of nitrogens with zero attached hydrogens (tertiary/aromatic N) is 3. The second kappa shape index (κ2) is 7.42. The molecule has 0 spiro atoms. The summed E-state index contributed by atoms with van der Waals surface area (Å²) in [6.45, 7) is 2.90. The molecule has 1 aromatic carbocycles. The highest BCUT2D eigenvalue weighted by atomic mass is 15.2. The van der Waals surface area contributed by atoms with Crippen molar-refractivity contribution < 1.29 is 0 Å². The average Bonchev–Trinajstić information content (AvgIpc) is 2.80. The molecule has 0 atom stereocenters. The molecule has 0 bridgehead atoms. The molecule has 0 fully saturated rings. The van der Waals surface area contributed by atoms with Gasteiger partial charge in [0.1, 0.15) is 5.82 Å². The molecule has 3 N–H and O–H groups in total. The predicted octanol–water partition coefficient (Wildman–Crippen LogP) is 1.82. The SMILES string of the molecule is CN(CCCc1ccccc1)c1nc(N)nc2c1CCNCC2. The number of anilines is 2. The maximum atomic E-state index is 5.92. The van der Waals surface area contributed by atoms with Gasteiger partial charge in [-0.2, -0.15) is 4.98 Å². The van der Waals surface area contributed by atoms with Gasteiger partial charge in [0.15, 0.2) is 0 Å². The normalized spacial score (nSPS) is 14.1. The molecule has 0 saturated heterocycles. The number of fused-ring (bicyclic) bond motifs is 1. The van der Waals surface area contributed by atoms with Crippen LogP contribution in [-0.4, -0.2) is 36.6 Å². The largest absolute Gasteiger partial charge is 0.368 e. The Morgan fingerprint density at radius 3 is 2.74 bits per heavy atom. The number of benzene rings is 1. The predicted molar refractivity (Wildman–Crippen MR) is 94.8 cm³/mol. The third kappa shape index (κ3) is 3.99. The van der Waals surface area contributed by atoms with E-state index in [-0.39, 0.29) is 0 Å². The Morgan fingerprint density at radius 2 is 1.91 bits per heavy atom. The summed E-state index contributed by atoms with van der Waals surface area (Å²) in [5.41, 5.74) is 9.66. The molecule has 0 amide bonds. The number of nitrogens with one attached hydrogen (secondary N) is 1. The van der Waals surface area contributed by atoms with Crippen molar-refractivity contribution in [2.24, 2.45) is 0 Å². The molecule has 0 aliphatic carbocycles. The second-order valence-corrected chi connectivity index (χ2v) is 6.09. The number of aromatic nitrogens is 2. The van der Waals surface area contributed by atoms with E-state index in [2.05, 4.69) is 57.6 Å². The van der Waals surface area contributed by atoms with Gasteiger partial charge < -0.3 is 16.0 Å². The summed E-state index contributed by atoms with van der Waals surface area (Å²) in [5, 5.41) is 3.42. The summed E-state index contributed by atoms with van der Waals surface area (Å²) in [7, 11) is 2.10. The van der Waals surface area contributed by atoms with Crippen LogP contribution < -0.4 is 16.0 Å². The zero-order chi connectivity index (χ0) is 16.1. The standard InChI is InChI=1S/C18H25N5/c1-23(13-5-8-14-6-3-2-4-7-14)17-15-9-11-20-12-10-16(15)21-18(19)22-17/h2-4,6-7,20H,5,8-13H2,1H3,(H2,19,21,22). The van der Waals surface area contributed by atoms with E-state index in [1.54, 1.807) is 0 Å². The van der Waals surface area contributed by atoms with Crippen LogP contribution in [0.1, 0.15) is 23.2 Å². The summed E-state index contributed by atoms with van der Waals surface area (Å²) in [6, 6.07) is 10.6. The zero-order valence-electron chi connectivity index (χ0n) is 13.8. The van der Waals surface area contributed by atoms with Crippen LogP contribution in [0.3, 0.4) is 0 Å². The third-order valence-corrected chi connectivity index (χ3v) is 4.34. The Balaban J connectivity index is 1.69. The molecular formula is C18H25N5. The summed E-state index contributed by atoms with van der Waals surface area (Å²) in [4.78, 5) is 11.2. The van der Waals surface area contributed by atoms with Gasteiger partial charge in [0.25, 0.3) is 0 Å². The highest BCUT2D eigenvalue weighted by molar-refractivity contribution is 5.52. The van der Waals surface area contributed by atoms with E-state index in [0.29, 0.717) is 5.95 Å². The van der Waals surface area contributed by atoms with Crippen LogP contribution in [0.25, 0.3) is 0 Å². The molecule has 122 valence electrons. The van der Waals surface area contributed by atoms with E-state index in [9.17, 15) is 0 Å². The van der Waals surface area contributed by atoms with E-state index in [4.69, 9.17) is 5.73 Å². The Labute approximate surface area is 137 Å². The topological polar surface area (TPSA) is 67.1 Å². The van der Waals surface area contributed by atoms with Crippen molar-refractivity contribution in [3.8, 4) is 0 Å². The second-order valence-electron chi connectivity index (χ2n) is 6.09. The minimum atomic E-state index is 0.385. The molecular weight excluding hydrogens is 286 g/mol. The molecule has 0 unspecified atom stereocenters. The zero-order valence-corrected chi connectivity index (χ0v) is 13.8. The van der Waals surface area contributed by atoms with E-state index in [0.717, 1.165) is 56.8 Å². The van der Waals surface area contributed by atoms with Crippen LogP contribution in [0.2, 0.25) is 0 Å². The summed E-state index contributed by atoms with van der Waals surface area (Å²) >= 11 is 0. The van der Waals surface area contributed by atoms with Crippen molar-refractivity contribution in [2.75, 3.05) is 37.3 Å². The highest BCUT2D eigenvalue weighted by Gasteiger charge is 2.18. The number of hydrogen-bond acceptors (Lipinski definition) is 5. The lowest BCUT2D eigenvalue weighted by Crippen LogP contribution is -2.24. The van der Waals surface area contributed by atoms with Crippen LogP contribution in [-0.2, 0) is 19.3 Å². The minimum absolute atomic E-state index is 0.385. The van der Waals surface area contributed by atoms with Crippen LogP contribution in [0.15, 0.2) is 30.3 Å². The highest BCUT2D eigenvalue weighted by Crippen LogP contribution is 2.23. The molecule has 2 heterocycles. The van der Waals surface area contributed by atoms with E-state index >= 15 is 0 Å². The number of aryl methyl sites for hydroxylation is 1. The Hall–Kier alpha value is -2.14. The van der Waals surface area contributed by atoms with Gasteiger partial charge in [-0.05, 0) is 31.4 Å². The van der Waals surface area contributed by atoms with Gasteiger partial charge >= 0.3 is 0 Å². The van der Waals surface area contributed by atoms with Crippen molar-refractivity contribution in [1.82, 2.24) is 15.3 Å². The van der Waals surface area contributed by atoms with Crippen LogP contribution >= 0.6 is 0 Å². The fourth-order valence-electron chi connectivity index (χ4n) is 3.13. The van der Waals surface area contributed by atoms with Crippen molar-refractivity contribution >= 4 is 11.8 Å². The first-order valence-corrected chi connectivity index (χ1v) is 8.35. The van der Waals surface area contributed by atoms with Crippen LogP contribution in [0.4, 0.5) is 11.8 Å². The molecule has 1 aliphatic heterocycles. The van der Waals surface area contributed by atoms with Crippen molar-refractivity contribution in [3.63, 3.8) is 0 Å². The Kier molecular flexibility index (Phi) is 5.08. The molecule has 2 aromatic rings. The quantitative estimate of drug-likeness (QED) is 0.881. The number of rotatable bonds is 5. The summed E-state index contributed by atoms with van der Waals surface area (Å²) in [6.07, 6.45) is 4.06. The third-order valence-electron chi connectivity index (χ3n) is 4.34. The molecule has 3 rings (SSSR count).